The number of aryl methyl sites for hydroxylation is 1. The van der Waals surface area contributed by atoms with Crippen molar-refractivity contribution in [1.29, 1.82) is 0 Å². The van der Waals surface area contributed by atoms with Gasteiger partial charge in [-0.1, -0.05) is 18.9 Å². The molecule has 0 bridgehead atoms. The van der Waals surface area contributed by atoms with E-state index in [0.29, 0.717) is 19.1 Å². The standard InChI is InChI=1S/C15H23N3O/c1-3-18(11-14-10-6-7-12(2)16-14)15(19)17-13-8-4-5-9-13/h6-7,10,13H,3-5,8-9,11H2,1-2H3,(H,17,19). The summed E-state index contributed by atoms with van der Waals surface area (Å²) in [5.74, 6) is 0. The highest BCUT2D eigenvalue weighted by Gasteiger charge is 2.20. The first-order valence-electron chi connectivity index (χ1n) is 7.17. The van der Waals surface area contributed by atoms with Crippen molar-refractivity contribution in [3.05, 3.63) is 29.6 Å². The Morgan fingerprint density at radius 2 is 2.16 bits per heavy atom. The van der Waals surface area contributed by atoms with E-state index in [-0.39, 0.29) is 6.03 Å². The van der Waals surface area contributed by atoms with E-state index in [1.807, 2.05) is 36.9 Å². The number of carbonyl (C=O) groups excluding carboxylic acids is 1. The third-order valence-corrected chi connectivity index (χ3v) is 3.65. The zero-order chi connectivity index (χ0) is 13.7. The average Bonchev–Trinajstić information content (AvgIpc) is 2.88. The zero-order valence-corrected chi connectivity index (χ0v) is 11.9. The van der Waals surface area contributed by atoms with Crippen LogP contribution in [0.5, 0.6) is 0 Å². The third-order valence-electron chi connectivity index (χ3n) is 3.65. The Bertz CT molecular complexity index is 427. The second-order valence-electron chi connectivity index (χ2n) is 5.22. The minimum atomic E-state index is 0.0395. The molecule has 1 N–H and O–H groups in total. The number of aromatic nitrogens is 1. The first kappa shape index (κ1) is 13.8. The number of amides is 2. The van der Waals surface area contributed by atoms with Crippen molar-refractivity contribution in [3.63, 3.8) is 0 Å². The molecule has 4 nitrogen and oxygen atoms in total. The minimum Gasteiger partial charge on any atom is -0.335 e. The molecule has 1 aliphatic rings. The lowest BCUT2D eigenvalue weighted by molar-refractivity contribution is 0.193. The molecule has 0 aliphatic heterocycles. The SMILES string of the molecule is CCN(Cc1cccc(C)n1)C(=O)NC1CCCC1. The van der Waals surface area contributed by atoms with Gasteiger partial charge in [-0.05, 0) is 38.8 Å². The van der Waals surface area contributed by atoms with Crippen LogP contribution in [0.1, 0.15) is 44.0 Å². The van der Waals surface area contributed by atoms with Crippen molar-refractivity contribution < 1.29 is 4.79 Å². The van der Waals surface area contributed by atoms with Gasteiger partial charge in [-0.25, -0.2) is 4.79 Å². The lowest BCUT2D eigenvalue weighted by Crippen LogP contribution is -2.43. The van der Waals surface area contributed by atoms with Gasteiger partial charge in [0.25, 0.3) is 0 Å². The van der Waals surface area contributed by atoms with Crippen molar-refractivity contribution in [2.45, 2.75) is 52.1 Å². The van der Waals surface area contributed by atoms with Crippen LogP contribution < -0.4 is 5.32 Å². The summed E-state index contributed by atoms with van der Waals surface area (Å²) in [4.78, 5) is 18.5. The Hall–Kier alpha value is -1.58. The van der Waals surface area contributed by atoms with Crippen LogP contribution in [0.4, 0.5) is 4.79 Å². The maximum absolute atomic E-state index is 12.2. The lowest BCUT2D eigenvalue weighted by Gasteiger charge is -2.23. The number of carbonyl (C=O) groups is 1. The van der Waals surface area contributed by atoms with Gasteiger partial charge in [0.2, 0.25) is 0 Å². The summed E-state index contributed by atoms with van der Waals surface area (Å²) in [7, 11) is 0. The Morgan fingerprint density at radius 3 is 2.79 bits per heavy atom. The highest BCUT2D eigenvalue weighted by atomic mass is 16.2. The molecule has 1 fully saturated rings. The Morgan fingerprint density at radius 1 is 1.42 bits per heavy atom. The van der Waals surface area contributed by atoms with E-state index in [1.165, 1.54) is 12.8 Å². The van der Waals surface area contributed by atoms with Crippen LogP contribution in [-0.4, -0.2) is 28.5 Å². The molecule has 1 aromatic rings. The molecule has 1 saturated carbocycles. The molecule has 1 aliphatic carbocycles. The maximum Gasteiger partial charge on any atom is 0.317 e. The van der Waals surface area contributed by atoms with Crippen LogP contribution in [0, 0.1) is 6.92 Å². The van der Waals surface area contributed by atoms with Gasteiger partial charge in [-0.2, -0.15) is 0 Å². The van der Waals surface area contributed by atoms with Crippen LogP contribution in [0.15, 0.2) is 18.2 Å². The molecule has 0 unspecified atom stereocenters. The number of hydrogen-bond acceptors (Lipinski definition) is 2. The third kappa shape index (κ3) is 3.94. The van der Waals surface area contributed by atoms with Gasteiger partial charge < -0.3 is 10.2 Å². The van der Waals surface area contributed by atoms with Crippen LogP contribution >= 0.6 is 0 Å². The fourth-order valence-electron chi connectivity index (χ4n) is 2.55. The summed E-state index contributed by atoms with van der Waals surface area (Å²) < 4.78 is 0. The van der Waals surface area contributed by atoms with Crippen molar-refractivity contribution in [1.82, 2.24) is 15.2 Å². The van der Waals surface area contributed by atoms with Crippen molar-refractivity contribution >= 4 is 6.03 Å². The molecule has 104 valence electrons. The first-order chi connectivity index (χ1) is 9.19. The van der Waals surface area contributed by atoms with E-state index in [4.69, 9.17) is 0 Å². The second kappa shape index (κ2) is 6.55. The van der Waals surface area contributed by atoms with Crippen LogP contribution in [-0.2, 0) is 6.54 Å². The van der Waals surface area contributed by atoms with Crippen molar-refractivity contribution in [2.75, 3.05) is 6.54 Å². The average molecular weight is 261 g/mol. The summed E-state index contributed by atoms with van der Waals surface area (Å²) in [5, 5.41) is 3.12. The largest absolute Gasteiger partial charge is 0.335 e. The monoisotopic (exact) mass is 261 g/mol. The molecule has 2 rings (SSSR count). The Kier molecular flexibility index (Phi) is 4.77. The van der Waals surface area contributed by atoms with E-state index in [1.54, 1.807) is 0 Å². The minimum absolute atomic E-state index is 0.0395. The summed E-state index contributed by atoms with van der Waals surface area (Å²) in [6.07, 6.45) is 4.70. The van der Waals surface area contributed by atoms with Crippen LogP contribution in [0.3, 0.4) is 0 Å². The molecule has 19 heavy (non-hydrogen) atoms. The predicted octanol–water partition coefficient (Wildman–Crippen LogP) is 2.86. The first-order valence-corrected chi connectivity index (χ1v) is 7.17. The van der Waals surface area contributed by atoms with Gasteiger partial charge in [0, 0.05) is 18.3 Å². The quantitative estimate of drug-likeness (QED) is 0.905. The molecular weight excluding hydrogens is 238 g/mol. The summed E-state index contributed by atoms with van der Waals surface area (Å²) in [5.41, 5.74) is 1.94. The van der Waals surface area contributed by atoms with E-state index in [9.17, 15) is 4.79 Å². The van der Waals surface area contributed by atoms with Gasteiger partial charge in [0.05, 0.1) is 12.2 Å². The second-order valence-corrected chi connectivity index (χ2v) is 5.22. The van der Waals surface area contributed by atoms with Crippen LogP contribution in [0.2, 0.25) is 0 Å². The number of nitrogens with zero attached hydrogens (tertiary/aromatic N) is 2. The molecule has 0 radical (unpaired) electrons. The van der Waals surface area contributed by atoms with Gasteiger partial charge in [-0.3, -0.25) is 4.98 Å². The van der Waals surface area contributed by atoms with E-state index >= 15 is 0 Å². The number of nitrogens with one attached hydrogen (secondary N) is 1. The predicted molar refractivity (Wildman–Crippen MR) is 75.8 cm³/mol. The molecule has 2 amide bonds. The van der Waals surface area contributed by atoms with Gasteiger partial charge in [0.1, 0.15) is 0 Å². The lowest BCUT2D eigenvalue weighted by atomic mass is 10.2. The molecule has 0 atom stereocenters. The number of urea groups is 1. The molecule has 0 aromatic carbocycles. The summed E-state index contributed by atoms with van der Waals surface area (Å²) in [6, 6.07) is 6.34. The Balaban J connectivity index is 1.93. The summed E-state index contributed by atoms with van der Waals surface area (Å²) in [6.45, 7) is 5.26. The van der Waals surface area contributed by atoms with E-state index < -0.39 is 0 Å². The fourth-order valence-corrected chi connectivity index (χ4v) is 2.55. The topological polar surface area (TPSA) is 45.2 Å². The van der Waals surface area contributed by atoms with Crippen molar-refractivity contribution in [3.8, 4) is 0 Å². The molecule has 1 heterocycles. The molecule has 4 heteroatoms. The fraction of sp³-hybridized carbons (Fsp3) is 0.600. The van der Waals surface area contributed by atoms with Crippen molar-refractivity contribution in [2.24, 2.45) is 0 Å². The summed E-state index contributed by atoms with van der Waals surface area (Å²) >= 11 is 0. The van der Waals surface area contributed by atoms with Gasteiger partial charge in [-0.15, -0.1) is 0 Å². The van der Waals surface area contributed by atoms with Gasteiger partial charge >= 0.3 is 6.03 Å². The smallest absolute Gasteiger partial charge is 0.317 e. The molecular formula is C15H23N3O. The molecule has 0 saturated heterocycles. The number of hydrogen-bond donors (Lipinski definition) is 1. The Labute approximate surface area is 115 Å². The highest BCUT2D eigenvalue weighted by molar-refractivity contribution is 5.74. The van der Waals surface area contributed by atoms with Gasteiger partial charge in [0.15, 0.2) is 0 Å². The molecule has 1 aromatic heterocycles. The van der Waals surface area contributed by atoms with Crippen LogP contribution in [0.25, 0.3) is 0 Å². The number of rotatable bonds is 4. The molecule has 0 spiro atoms. The zero-order valence-electron chi connectivity index (χ0n) is 11.9. The van der Waals surface area contributed by atoms with E-state index in [0.717, 1.165) is 24.2 Å². The normalized spacial score (nSPS) is 15.5. The number of pyridine rings is 1. The maximum atomic E-state index is 12.2. The van der Waals surface area contributed by atoms with E-state index in [2.05, 4.69) is 10.3 Å². The highest BCUT2D eigenvalue weighted by Crippen LogP contribution is 2.18.